The van der Waals surface area contributed by atoms with E-state index in [4.69, 9.17) is 0 Å². The molecule has 1 aromatic rings. The number of thioether (sulfide) groups is 1. The van der Waals surface area contributed by atoms with E-state index < -0.39 is 0 Å². The number of halogens is 2. The van der Waals surface area contributed by atoms with Crippen molar-refractivity contribution in [2.24, 2.45) is 0 Å². The van der Waals surface area contributed by atoms with E-state index in [1.165, 1.54) is 29.9 Å². The topological polar surface area (TPSA) is 12.0 Å². The molecule has 1 aromatic carbocycles. The van der Waals surface area contributed by atoms with E-state index in [1.54, 1.807) is 0 Å². The lowest BCUT2D eigenvalue weighted by Crippen LogP contribution is -2.33. The maximum absolute atomic E-state index is 13.0. The van der Waals surface area contributed by atoms with Crippen LogP contribution in [0.3, 0.4) is 0 Å². The van der Waals surface area contributed by atoms with Crippen molar-refractivity contribution in [3.63, 3.8) is 0 Å². The molecule has 0 aliphatic rings. The van der Waals surface area contributed by atoms with Gasteiger partial charge in [-0.2, -0.15) is 11.8 Å². The van der Waals surface area contributed by atoms with Crippen molar-refractivity contribution >= 4 is 27.7 Å². The second kappa shape index (κ2) is 8.94. The van der Waals surface area contributed by atoms with Crippen LogP contribution in [0.1, 0.15) is 25.8 Å². The van der Waals surface area contributed by atoms with E-state index in [0.717, 1.165) is 23.2 Å². The van der Waals surface area contributed by atoms with Crippen LogP contribution >= 0.6 is 27.7 Å². The maximum atomic E-state index is 13.0. The van der Waals surface area contributed by atoms with Crippen molar-refractivity contribution in [2.75, 3.05) is 18.1 Å². The van der Waals surface area contributed by atoms with Gasteiger partial charge < -0.3 is 5.32 Å². The summed E-state index contributed by atoms with van der Waals surface area (Å²) in [4.78, 5) is 0. The molecule has 0 bridgehead atoms. The van der Waals surface area contributed by atoms with Gasteiger partial charge in [0.05, 0.1) is 0 Å². The van der Waals surface area contributed by atoms with Crippen LogP contribution in [0.2, 0.25) is 0 Å². The maximum Gasteiger partial charge on any atom is 0.124 e. The van der Waals surface area contributed by atoms with Crippen LogP contribution in [-0.2, 0) is 6.42 Å². The van der Waals surface area contributed by atoms with Gasteiger partial charge in [-0.1, -0.05) is 35.8 Å². The van der Waals surface area contributed by atoms with Gasteiger partial charge in [-0.25, -0.2) is 4.39 Å². The molecule has 0 saturated heterocycles. The van der Waals surface area contributed by atoms with Gasteiger partial charge in [0, 0.05) is 16.3 Å². The Morgan fingerprint density at radius 1 is 1.39 bits per heavy atom. The minimum absolute atomic E-state index is 0.189. The summed E-state index contributed by atoms with van der Waals surface area (Å²) >= 11 is 5.41. The van der Waals surface area contributed by atoms with Gasteiger partial charge >= 0.3 is 0 Å². The van der Waals surface area contributed by atoms with Gasteiger partial charge in [-0.3, -0.25) is 0 Å². The molecule has 1 unspecified atom stereocenters. The molecule has 0 fully saturated rings. The fraction of sp³-hybridized carbons (Fsp3) is 0.571. The molecule has 1 rings (SSSR count). The van der Waals surface area contributed by atoms with E-state index in [1.807, 2.05) is 17.8 Å². The first-order valence-corrected chi connectivity index (χ1v) is 8.37. The fourth-order valence-electron chi connectivity index (χ4n) is 1.80. The van der Waals surface area contributed by atoms with Crippen molar-refractivity contribution in [1.82, 2.24) is 5.32 Å². The van der Waals surface area contributed by atoms with Crippen LogP contribution in [0.25, 0.3) is 0 Å². The predicted molar refractivity (Wildman–Crippen MR) is 82.9 cm³/mol. The van der Waals surface area contributed by atoms with E-state index in [9.17, 15) is 4.39 Å². The van der Waals surface area contributed by atoms with Crippen molar-refractivity contribution in [3.05, 3.63) is 34.1 Å². The summed E-state index contributed by atoms with van der Waals surface area (Å²) in [6.45, 7) is 5.29. The van der Waals surface area contributed by atoms with Gasteiger partial charge in [-0.05, 0) is 42.8 Å². The molecule has 0 aliphatic carbocycles. The van der Waals surface area contributed by atoms with Crippen LogP contribution in [0.5, 0.6) is 0 Å². The standard InChI is InChI=1S/C14H21BrFNS/c1-3-7-18-10-13(17-4-2)8-11-5-6-12(16)9-14(11)15/h5-6,9,13,17H,3-4,7-8,10H2,1-2H3. The summed E-state index contributed by atoms with van der Waals surface area (Å²) in [7, 11) is 0. The van der Waals surface area contributed by atoms with E-state index >= 15 is 0 Å². The molecular formula is C14H21BrFNS. The third-order valence-electron chi connectivity index (χ3n) is 2.64. The lowest BCUT2D eigenvalue weighted by atomic mass is 10.1. The molecule has 0 amide bonds. The molecule has 0 saturated carbocycles. The average Bonchev–Trinajstić information content (AvgIpc) is 2.33. The van der Waals surface area contributed by atoms with Gasteiger partial charge in [0.2, 0.25) is 0 Å². The first-order chi connectivity index (χ1) is 8.67. The first-order valence-electron chi connectivity index (χ1n) is 6.42. The van der Waals surface area contributed by atoms with Crippen LogP contribution in [-0.4, -0.2) is 24.1 Å². The van der Waals surface area contributed by atoms with Crippen LogP contribution < -0.4 is 5.32 Å². The number of likely N-dealkylation sites (N-methyl/N-ethyl adjacent to an activating group) is 1. The Morgan fingerprint density at radius 3 is 2.78 bits per heavy atom. The van der Waals surface area contributed by atoms with Crippen molar-refractivity contribution in [3.8, 4) is 0 Å². The molecule has 0 aliphatic heterocycles. The zero-order chi connectivity index (χ0) is 13.4. The summed E-state index contributed by atoms with van der Waals surface area (Å²) < 4.78 is 13.9. The molecule has 0 aromatic heterocycles. The Balaban J connectivity index is 2.58. The minimum atomic E-state index is -0.189. The first kappa shape index (κ1) is 16.0. The number of rotatable bonds is 8. The summed E-state index contributed by atoms with van der Waals surface area (Å²) in [5.74, 6) is 2.11. The smallest absolute Gasteiger partial charge is 0.124 e. The Bertz CT molecular complexity index is 360. The molecule has 102 valence electrons. The van der Waals surface area contributed by atoms with Gasteiger partial charge in [-0.15, -0.1) is 0 Å². The fourth-order valence-corrected chi connectivity index (χ4v) is 3.29. The van der Waals surface area contributed by atoms with E-state index in [2.05, 4.69) is 35.1 Å². The summed E-state index contributed by atoms with van der Waals surface area (Å²) in [6, 6.07) is 5.39. The Hall–Kier alpha value is -0.0600. The second-order valence-corrected chi connectivity index (χ2v) is 6.27. The highest BCUT2D eigenvalue weighted by atomic mass is 79.9. The van der Waals surface area contributed by atoms with Crippen LogP contribution in [0, 0.1) is 5.82 Å². The van der Waals surface area contributed by atoms with Crippen LogP contribution in [0.15, 0.2) is 22.7 Å². The van der Waals surface area contributed by atoms with E-state index in [-0.39, 0.29) is 5.82 Å². The third-order valence-corrected chi connectivity index (χ3v) is 4.71. The molecule has 0 heterocycles. The van der Waals surface area contributed by atoms with E-state index in [0.29, 0.717) is 6.04 Å². The zero-order valence-electron chi connectivity index (χ0n) is 11.0. The zero-order valence-corrected chi connectivity index (χ0v) is 13.4. The average molecular weight is 334 g/mol. The highest BCUT2D eigenvalue weighted by molar-refractivity contribution is 9.10. The molecule has 4 heteroatoms. The quantitative estimate of drug-likeness (QED) is 0.713. The summed E-state index contributed by atoms with van der Waals surface area (Å²) in [5, 5.41) is 3.50. The molecule has 0 spiro atoms. The monoisotopic (exact) mass is 333 g/mol. The molecule has 1 nitrogen and oxygen atoms in total. The minimum Gasteiger partial charge on any atom is -0.313 e. The second-order valence-electron chi connectivity index (χ2n) is 4.27. The Morgan fingerprint density at radius 2 is 2.17 bits per heavy atom. The largest absolute Gasteiger partial charge is 0.313 e. The van der Waals surface area contributed by atoms with Gasteiger partial charge in [0.15, 0.2) is 0 Å². The highest BCUT2D eigenvalue weighted by Crippen LogP contribution is 2.20. The predicted octanol–water partition coefficient (Wildman–Crippen LogP) is 4.25. The van der Waals surface area contributed by atoms with Crippen molar-refractivity contribution in [1.29, 1.82) is 0 Å². The number of hydrogen-bond acceptors (Lipinski definition) is 2. The Labute approximate surface area is 122 Å². The highest BCUT2D eigenvalue weighted by Gasteiger charge is 2.11. The Kier molecular flexibility index (Phi) is 7.95. The number of hydrogen-bond donors (Lipinski definition) is 1. The third kappa shape index (κ3) is 5.72. The lowest BCUT2D eigenvalue weighted by molar-refractivity contribution is 0.570. The SMILES string of the molecule is CCCSCC(Cc1ccc(F)cc1Br)NCC. The number of nitrogens with one attached hydrogen (secondary N) is 1. The molecular weight excluding hydrogens is 313 g/mol. The summed E-state index contributed by atoms with van der Waals surface area (Å²) in [6.07, 6.45) is 2.15. The van der Waals surface area contributed by atoms with Gasteiger partial charge in [0.25, 0.3) is 0 Å². The normalized spacial score (nSPS) is 12.7. The molecule has 0 radical (unpaired) electrons. The molecule has 1 N–H and O–H groups in total. The van der Waals surface area contributed by atoms with Gasteiger partial charge in [0.1, 0.15) is 5.82 Å². The van der Waals surface area contributed by atoms with Crippen LogP contribution in [0.4, 0.5) is 4.39 Å². The summed E-state index contributed by atoms with van der Waals surface area (Å²) in [5.41, 5.74) is 1.17. The lowest BCUT2D eigenvalue weighted by Gasteiger charge is -2.18. The van der Waals surface area contributed by atoms with Crippen molar-refractivity contribution < 1.29 is 4.39 Å². The number of benzene rings is 1. The van der Waals surface area contributed by atoms with Crippen molar-refractivity contribution in [2.45, 2.75) is 32.7 Å². The molecule has 1 atom stereocenters. The molecule has 18 heavy (non-hydrogen) atoms.